The Balaban J connectivity index is 0.000000409. The molecule has 0 saturated carbocycles. The number of halogens is 29. The van der Waals surface area contributed by atoms with Crippen LogP contribution in [-0.2, 0) is 34.2 Å². The van der Waals surface area contributed by atoms with Gasteiger partial charge in [0.1, 0.15) is 42.6 Å². The summed E-state index contributed by atoms with van der Waals surface area (Å²) in [6.45, 7) is 7.77. The first-order chi connectivity index (χ1) is 37.9. The molecule has 0 heterocycles. The molecule has 0 bridgehead atoms. The lowest BCUT2D eigenvalue weighted by molar-refractivity contribution is -0.599. The van der Waals surface area contributed by atoms with E-state index in [-0.39, 0.29) is 0 Å². The second kappa shape index (κ2) is 25.3. The Morgan fingerprint density at radius 2 is 0.537 bits per heavy atom. The van der Waals surface area contributed by atoms with Gasteiger partial charge < -0.3 is 18.9 Å². The van der Waals surface area contributed by atoms with Gasteiger partial charge in [-0.3, -0.25) is 0 Å². The molecule has 0 fully saturated rings. The molecule has 0 spiro atoms. The van der Waals surface area contributed by atoms with Crippen molar-refractivity contribution in [2.24, 2.45) is 0 Å². The number of para-hydroxylation sites is 2. The van der Waals surface area contributed by atoms with Gasteiger partial charge in [-0.25, -0.2) is 70.2 Å². The SMILES string of the molecule is CCOCCOc1ccccc1[I+]c1ccccc1OCCOCC.Fc1c(F)c(F)c(C(F)(F)F)c([B-](c2c(F)c(F)c(F)c(F)c2C(F)(F)F)(c2c(F)c(F)c(F)c(F)c2C(F)(F)F)c2c(F)c(F)c(F)c(F)c2C(F)(F)F)c1F. The molecule has 6 aromatic rings. The Morgan fingerprint density at radius 1 is 0.317 bits per heavy atom. The Hall–Kier alpha value is -6.33. The van der Waals surface area contributed by atoms with Crippen molar-refractivity contribution in [1.29, 1.82) is 0 Å². The van der Waals surface area contributed by atoms with Crippen LogP contribution in [0.1, 0.15) is 36.1 Å². The molecule has 0 amide bonds. The van der Waals surface area contributed by atoms with Crippen LogP contribution in [0.4, 0.5) is 123 Å². The van der Waals surface area contributed by atoms with E-state index in [1.165, 1.54) is 7.14 Å². The summed E-state index contributed by atoms with van der Waals surface area (Å²) in [5.41, 5.74) is -38.1. The van der Waals surface area contributed by atoms with Gasteiger partial charge in [-0.2, -0.15) is 52.7 Å². The maximum Gasteiger partial charge on any atom is 0.416 e. The van der Waals surface area contributed by atoms with E-state index in [0.29, 0.717) is 39.6 Å². The molecule has 0 aliphatic rings. The first-order valence-electron chi connectivity index (χ1n) is 22.0. The maximum absolute atomic E-state index is 16.0. The van der Waals surface area contributed by atoms with Crippen LogP contribution in [0.3, 0.4) is 0 Å². The predicted octanol–water partition coefficient (Wildman–Crippen LogP) is 10.0. The minimum absolute atomic E-state index is 0.398. The van der Waals surface area contributed by atoms with E-state index in [1.807, 2.05) is 38.1 Å². The number of hydrogen-bond donors (Lipinski definition) is 0. The van der Waals surface area contributed by atoms with Crippen molar-refractivity contribution in [1.82, 2.24) is 0 Å². The van der Waals surface area contributed by atoms with E-state index < -0.39 is 189 Å². The largest absolute Gasteiger partial charge is 0.486 e. The van der Waals surface area contributed by atoms with Gasteiger partial charge in [0.15, 0.2) is 81.3 Å². The average Bonchev–Trinajstić information content (AvgIpc) is 0.885. The van der Waals surface area contributed by atoms with Crippen molar-refractivity contribution in [3.05, 3.63) is 171 Å². The van der Waals surface area contributed by atoms with Crippen LogP contribution in [0.15, 0.2) is 48.5 Å². The van der Waals surface area contributed by atoms with Gasteiger partial charge in [-0.1, -0.05) is 24.3 Å². The molecule has 34 heteroatoms. The monoisotopic (exact) mass is 1340 g/mol. The smallest absolute Gasteiger partial charge is 0.416 e. The highest BCUT2D eigenvalue weighted by atomic mass is 127. The third-order valence-corrected chi connectivity index (χ3v) is 14.3. The molecule has 0 aliphatic heterocycles. The van der Waals surface area contributed by atoms with Crippen LogP contribution < -0.4 is 52.5 Å². The van der Waals surface area contributed by atoms with Gasteiger partial charge in [0, 0.05) is 13.2 Å². The quantitative estimate of drug-likeness (QED) is 0.0242. The predicted molar refractivity (Wildman–Crippen MR) is 224 cm³/mol. The first kappa shape index (κ1) is 66.5. The summed E-state index contributed by atoms with van der Waals surface area (Å²) in [6.07, 6.45) is -39.5. The van der Waals surface area contributed by atoms with Gasteiger partial charge in [0.05, 0.1) is 35.5 Å². The minimum Gasteiger partial charge on any atom is -0.486 e. The zero-order valence-electron chi connectivity index (χ0n) is 40.0. The van der Waals surface area contributed by atoms with Crippen molar-refractivity contribution in [2.75, 3.05) is 39.6 Å². The van der Waals surface area contributed by atoms with E-state index >= 15 is 35.1 Å². The lowest BCUT2D eigenvalue weighted by atomic mass is 9.11. The van der Waals surface area contributed by atoms with Crippen LogP contribution >= 0.6 is 0 Å². The Bertz CT molecular complexity index is 2980. The molecule has 0 saturated heterocycles. The fraction of sp³-hybridized carbons (Fsp3) is 0.250. The summed E-state index contributed by atoms with van der Waals surface area (Å²) < 4.78 is 442. The second-order valence-electron chi connectivity index (χ2n) is 16.1. The van der Waals surface area contributed by atoms with Gasteiger partial charge in [0.25, 0.3) is 0 Å². The van der Waals surface area contributed by atoms with E-state index in [2.05, 4.69) is 24.3 Å². The van der Waals surface area contributed by atoms with Gasteiger partial charge in [-0.05, 0) is 38.1 Å². The Kier molecular flexibility index (Phi) is 20.5. The summed E-state index contributed by atoms with van der Waals surface area (Å²) in [5, 5.41) is 0. The molecule has 0 aromatic heterocycles. The fourth-order valence-corrected chi connectivity index (χ4v) is 10.9. The number of hydrogen-bond acceptors (Lipinski definition) is 4. The molecule has 4 nitrogen and oxygen atoms in total. The molecule has 0 unspecified atom stereocenters. The zero-order chi connectivity index (χ0) is 62.1. The van der Waals surface area contributed by atoms with Crippen molar-refractivity contribution >= 4 is 28.0 Å². The van der Waals surface area contributed by atoms with Crippen molar-refractivity contribution in [3.63, 3.8) is 0 Å². The van der Waals surface area contributed by atoms with Gasteiger partial charge in [-0.15, -0.1) is 21.9 Å². The summed E-state index contributed by atoms with van der Waals surface area (Å²) >= 11 is -0.398. The van der Waals surface area contributed by atoms with E-state index in [1.54, 1.807) is 0 Å². The maximum atomic E-state index is 16.0. The van der Waals surface area contributed by atoms with Crippen LogP contribution in [-0.4, -0.2) is 45.8 Å². The molecular formula is C48H26BF28IO4. The van der Waals surface area contributed by atoms with Gasteiger partial charge >= 0.3 is 45.9 Å². The van der Waals surface area contributed by atoms with Crippen LogP contribution in [0, 0.1) is 100 Å². The number of ether oxygens (including phenoxy) is 4. The molecular weight excluding hydrogens is 1310 g/mol. The first-order valence-corrected chi connectivity index (χ1v) is 24.2. The molecule has 6 aromatic carbocycles. The number of alkyl halides is 12. The highest BCUT2D eigenvalue weighted by Crippen LogP contribution is 2.44. The van der Waals surface area contributed by atoms with E-state index in [9.17, 15) is 87.8 Å². The third kappa shape index (κ3) is 12.6. The van der Waals surface area contributed by atoms with E-state index in [4.69, 9.17) is 18.9 Å². The Labute approximate surface area is 450 Å². The molecule has 0 N–H and O–H groups in total. The molecule has 448 valence electrons. The molecule has 6 rings (SSSR count). The second-order valence-corrected chi connectivity index (χ2v) is 18.9. The lowest BCUT2D eigenvalue weighted by Crippen LogP contribution is -3.61. The number of benzene rings is 6. The lowest BCUT2D eigenvalue weighted by Gasteiger charge is -2.49. The minimum atomic E-state index is -8.89. The van der Waals surface area contributed by atoms with Crippen molar-refractivity contribution < 1.29 is 163 Å². The van der Waals surface area contributed by atoms with Crippen LogP contribution in [0.5, 0.6) is 11.5 Å². The summed E-state index contributed by atoms with van der Waals surface area (Å²) in [4.78, 5) is 0. The molecule has 0 atom stereocenters. The molecule has 0 radical (unpaired) electrons. The van der Waals surface area contributed by atoms with Crippen molar-refractivity contribution in [2.45, 2.75) is 38.6 Å². The molecule has 0 aliphatic carbocycles. The van der Waals surface area contributed by atoms with Gasteiger partial charge in [0.2, 0.25) is 7.14 Å². The normalized spacial score (nSPS) is 12.5. The van der Waals surface area contributed by atoms with Crippen molar-refractivity contribution in [3.8, 4) is 11.5 Å². The zero-order valence-corrected chi connectivity index (χ0v) is 42.2. The number of rotatable bonds is 16. The fourth-order valence-electron chi connectivity index (χ4n) is 8.29. The highest BCUT2D eigenvalue weighted by molar-refractivity contribution is 7.20. The summed E-state index contributed by atoms with van der Waals surface area (Å²) in [5.74, 6) is -67.9. The summed E-state index contributed by atoms with van der Waals surface area (Å²) in [6, 6.07) is 16.5. The van der Waals surface area contributed by atoms with Crippen LogP contribution in [0.25, 0.3) is 0 Å². The Morgan fingerprint density at radius 3 is 0.756 bits per heavy atom. The van der Waals surface area contributed by atoms with E-state index in [0.717, 1.165) is 11.5 Å². The summed E-state index contributed by atoms with van der Waals surface area (Å²) in [7, 11) is 0. The topological polar surface area (TPSA) is 36.9 Å². The third-order valence-electron chi connectivity index (χ3n) is 11.3. The molecule has 82 heavy (non-hydrogen) atoms. The standard InChI is InChI=1S/C28BF28.C20H26IO4/c30-9-1(25(46,47)48)5(13(34)21(42)17(9)38)29(6-2(26(49,50)51)10(31)18(39)22(43)14(6)35,7-3(27(52,53)54)11(32)19(40)23(44)15(7)36)8-4(28(55,56)57)12(33)20(41)24(45)16(8)37;1-3-22-13-15-24-19-11-7-5-9-17(19)21-18-10-6-8-12-20(18)25-16-14-23-4-2/h;5-12H,3-4,13-16H2,1-2H3/q-1;+1. The van der Waals surface area contributed by atoms with Crippen LogP contribution in [0.2, 0.25) is 0 Å². The average molecular weight is 1340 g/mol. The highest BCUT2D eigenvalue weighted by Gasteiger charge is 2.60.